The summed E-state index contributed by atoms with van der Waals surface area (Å²) in [5, 5.41) is 15.9. The van der Waals surface area contributed by atoms with Crippen molar-refractivity contribution >= 4 is 52.5 Å². The van der Waals surface area contributed by atoms with Crippen LogP contribution in [0.5, 0.6) is 0 Å². The molecule has 0 radical (unpaired) electrons. The molecule has 0 spiro atoms. The summed E-state index contributed by atoms with van der Waals surface area (Å²) in [5.74, 6) is 0.425. The Morgan fingerprint density at radius 1 is 1.11 bits per heavy atom. The van der Waals surface area contributed by atoms with Gasteiger partial charge in [-0.3, -0.25) is 9.59 Å². The minimum absolute atomic E-state index is 0.0410. The van der Waals surface area contributed by atoms with Crippen molar-refractivity contribution in [2.24, 2.45) is 13.0 Å². The number of rotatable bonds is 9. The normalized spacial score (nSPS) is 12.0. The summed E-state index contributed by atoms with van der Waals surface area (Å²) in [6, 6.07) is 10.3. The lowest BCUT2D eigenvalue weighted by molar-refractivity contribution is -0.113. The number of thioether (sulfide) groups is 1. The molecule has 1 aromatic heterocycles. The van der Waals surface area contributed by atoms with Gasteiger partial charge in [-0.25, -0.2) is 0 Å². The molecule has 3 rings (SSSR count). The zero-order valence-corrected chi connectivity index (χ0v) is 22.7. The molecule has 2 aromatic carbocycles. The van der Waals surface area contributed by atoms with E-state index in [4.69, 9.17) is 23.2 Å². The molecule has 2 amide bonds. The maximum absolute atomic E-state index is 12.9. The largest absolute Gasteiger partial charge is 0.342 e. The smallest absolute Gasteiger partial charge is 0.251 e. The van der Waals surface area contributed by atoms with Crippen molar-refractivity contribution in [2.75, 3.05) is 11.1 Å². The quantitative estimate of drug-likeness (QED) is 0.336. The molecule has 35 heavy (non-hydrogen) atoms. The van der Waals surface area contributed by atoms with Crippen molar-refractivity contribution < 1.29 is 9.59 Å². The third kappa shape index (κ3) is 6.57. The number of benzene rings is 2. The van der Waals surface area contributed by atoms with Crippen LogP contribution in [0.2, 0.25) is 10.0 Å². The zero-order chi connectivity index (χ0) is 25.7. The molecule has 2 N–H and O–H groups in total. The molecule has 10 heteroatoms. The summed E-state index contributed by atoms with van der Waals surface area (Å²) in [5.41, 5.74) is 3.40. The highest BCUT2D eigenvalue weighted by Gasteiger charge is 2.25. The Morgan fingerprint density at radius 2 is 1.86 bits per heavy atom. The fourth-order valence-electron chi connectivity index (χ4n) is 3.62. The predicted molar refractivity (Wildman–Crippen MR) is 142 cm³/mol. The first-order valence-electron chi connectivity index (χ1n) is 11.3. The molecule has 3 aromatic rings. The van der Waals surface area contributed by atoms with Crippen molar-refractivity contribution in [3.05, 3.63) is 69.0 Å². The second kappa shape index (κ2) is 11.9. The Morgan fingerprint density at radius 3 is 2.51 bits per heavy atom. The molecular formula is C25H29Cl2N5O2S. The lowest BCUT2D eigenvalue weighted by atomic mass is 10.0. The van der Waals surface area contributed by atoms with Crippen molar-refractivity contribution in [2.45, 2.75) is 45.3 Å². The van der Waals surface area contributed by atoms with Crippen LogP contribution in [0.3, 0.4) is 0 Å². The average molecular weight is 535 g/mol. The van der Waals surface area contributed by atoms with E-state index in [1.54, 1.807) is 12.1 Å². The van der Waals surface area contributed by atoms with Crippen molar-refractivity contribution in [1.82, 2.24) is 20.1 Å². The topological polar surface area (TPSA) is 88.9 Å². The maximum Gasteiger partial charge on any atom is 0.251 e. The number of halogens is 2. The highest BCUT2D eigenvalue weighted by atomic mass is 35.5. The van der Waals surface area contributed by atoms with Crippen LogP contribution < -0.4 is 10.6 Å². The Balaban J connectivity index is 1.70. The molecule has 0 aliphatic carbocycles. The molecule has 0 fully saturated rings. The van der Waals surface area contributed by atoms with Crippen LogP contribution in [0.4, 0.5) is 5.69 Å². The summed E-state index contributed by atoms with van der Waals surface area (Å²) in [4.78, 5) is 25.5. The van der Waals surface area contributed by atoms with Gasteiger partial charge in [0.05, 0.1) is 21.8 Å². The molecule has 186 valence electrons. The molecule has 0 aliphatic heterocycles. The van der Waals surface area contributed by atoms with Gasteiger partial charge in [0, 0.05) is 18.3 Å². The van der Waals surface area contributed by atoms with Gasteiger partial charge in [-0.2, -0.15) is 0 Å². The number of nitrogens with zero attached hydrogens (tertiary/aromatic N) is 3. The van der Waals surface area contributed by atoms with E-state index >= 15 is 0 Å². The third-order valence-corrected chi connectivity index (χ3v) is 7.38. The van der Waals surface area contributed by atoms with Gasteiger partial charge in [0.25, 0.3) is 5.91 Å². The predicted octanol–water partition coefficient (Wildman–Crippen LogP) is 5.85. The van der Waals surface area contributed by atoms with Gasteiger partial charge in [-0.05, 0) is 48.6 Å². The van der Waals surface area contributed by atoms with Gasteiger partial charge < -0.3 is 15.2 Å². The Bertz CT molecular complexity index is 1230. The molecule has 0 saturated carbocycles. The summed E-state index contributed by atoms with van der Waals surface area (Å²) >= 11 is 13.3. The monoisotopic (exact) mass is 533 g/mol. The van der Waals surface area contributed by atoms with E-state index in [1.165, 1.54) is 17.8 Å². The SMILES string of the molecule is CCc1cccc(C)c1NC(=O)CSc1nnc([C@@H](NC(=O)c2ccc(Cl)c(Cl)c2)C(C)C)n1C. The van der Waals surface area contributed by atoms with Crippen LogP contribution in [0, 0.1) is 12.8 Å². The van der Waals surface area contributed by atoms with Crippen LogP contribution in [0.25, 0.3) is 0 Å². The van der Waals surface area contributed by atoms with Crippen molar-refractivity contribution in [3.63, 3.8) is 0 Å². The van der Waals surface area contributed by atoms with Gasteiger partial charge >= 0.3 is 0 Å². The molecule has 0 bridgehead atoms. The maximum atomic E-state index is 12.9. The van der Waals surface area contributed by atoms with E-state index in [1.807, 2.05) is 50.6 Å². The fourth-order valence-corrected chi connectivity index (χ4v) is 4.64. The van der Waals surface area contributed by atoms with E-state index in [-0.39, 0.29) is 23.5 Å². The minimum Gasteiger partial charge on any atom is -0.342 e. The number of aromatic nitrogens is 3. The summed E-state index contributed by atoms with van der Waals surface area (Å²) in [6.07, 6.45) is 0.835. The molecule has 0 aliphatic rings. The summed E-state index contributed by atoms with van der Waals surface area (Å²) in [6.45, 7) is 8.02. The average Bonchev–Trinajstić information content (AvgIpc) is 3.18. The standard InChI is InChI=1S/C25H29Cl2N5O2S/c1-6-16-9-7-8-15(4)22(16)28-20(33)13-35-25-31-30-23(32(25)5)21(14(2)3)29-24(34)17-10-11-18(26)19(27)12-17/h7-12,14,21H,6,13H2,1-5H3,(H,28,33)(H,29,34)/t21-/m0/s1. The minimum atomic E-state index is -0.392. The highest BCUT2D eigenvalue weighted by Crippen LogP contribution is 2.27. The van der Waals surface area contributed by atoms with Crippen LogP contribution in [0.15, 0.2) is 41.6 Å². The molecule has 7 nitrogen and oxygen atoms in total. The number of anilines is 1. The fraction of sp³-hybridized carbons (Fsp3) is 0.360. The first kappa shape index (κ1) is 27.0. The zero-order valence-electron chi connectivity index (χ0n) is 20.4. The second-order valence-electron chi connectivity index (χ2n) is 8.52. The highest BCUT2D eigenvalue weighted by molar-refractivity contribution is 7.99. The second-order valence-corrected chi connectivity index (χ2v) is 10.3. The summed E-state index contributed by atoms with van der Waals surface area (Å²) < 4.78 is 1.81. The van der Waals surface area contributed by atoms with Gasteiger partial charge in [0.1, 0.15) is 0 Å². The van der Waals surface area contributed by atoms with Gasteiger partial charge in [-0.1, -0.05) is 73.9 Å². The van der Waals surface area contributed by atoms with Crippen LogP contribution in [-0.2, 0) is 18.3 Å². The molecule has 1 heterocycles. The van der Waals surface area contributed by atoms with Gasteiger partial charge in [0.15, 0.2) is 11.0 Å². The van der Waals surface area contributed by atoms with Crippen LogP contribution in [-0.4, -0.2) is 32.3 Å². The van der Waals surface area contributed by atoms with Crippen molar-refractivity contribution in [3.8, 4) is 0 Å². The number of para-hydroxylation sites is 1. The number of carbonyl (C=O) groups is 2. The van der Waals surface area contributed by atoms with E-state index in [0.29, 0.717) is 26.6 Å². The third-order valence-electron chi connectivity index (χ3n) is 5.62. The summed E-state index contributed by atoms with van der Waals surface area (Å²) in [7, 11) is 1.83. The van der Waals surface area contributed by atoms with E-state index in [9.17, 15) is 9.59 Å². The van der Waals surface area contributed by atoms with Gasteiger partial charge in [-0.15, -0.1) is 10.2 Å². The molecule has 0 saturated heterocycles. The molecule has 0 unspecified atom stereocenters. The first-order valence-corrected chi connectivity index (χ1v) is 13.0. The first-order chi connectivity index (χ1) is 16.6. The number of amides is 2. The molecular weight excluding hydrogens is 505 g/mol. The number of aryl methyl sites for hydroxylation is 2. The lowest BCUT2D eigenvalue weighted by Crippen LogP contribution is -2.33. The number of hydrogen-bond acceptors (Lipinski definition) is 5. The number of hydrogen-bond donors (Lipinski definition) is 2. The Kier molecular flexibility index (Phi) is 9.21. The van der Waals surface area contributed by atoms with E-state index in [0.717, 1.165) is 23.2 Å². The molecule has 1 atom stereocenters. The van der Waals surface area contributed by atoms with Gasteiger partial charge in [0.2, 0.25) is 5.91 Å². The Hall–Kier alpha value is -2.55. The Labute approximate surface area is 220 Å². The van der Waals surface area contributed by atoms with E-state index < -0.39 is 6.04 Å². The van der Waals surface area contributed by atoms with E-state index in [2.05, 4.69) is 27.8 Å². The van der Waals surface area contributed by atoms with Crippen molar-refractivity contribution in [1.29, 1.82) is 0 Å². The van der Waals surface area contributed by atoms with Crippen LogP contribution in [0.1, 0.15) is 54.1 Å². The lowest BCUT2D eigenvalue weighted by Gasteiger charge is -2.22. The van der Waals surface area contributed by atoms with Crippen LogP contribution >= 0.6 is 35.0 Å². The number of nitrogens with one attached hydrogen (secondary N) is 2. The number of carbonyl (C=O) groups excluding carboxylic acids is 2.